The van der Waals surface area contributed by atoms with Crippen molar-refractivity contribution < 1.29 is 12.9 Å². The van der Waals surface area contributed by atoms with Crippen LogP contribution in [-0.2, 0) is 16.3 Å². The Hall–Kier alpha value is -1.89. The van der Waals surface area contributed by atoms with Crippen molar-refractivity contribution in [3.63, 3.8) is 0 Å². The Kier molecular flexibility index (Phi) is 3.84. The number of rotatable bonds is 5. The maximum atomic E-state index is 11.3. The number of hydrogen-bond acceptors (Lipinski definition) is 6. The van der Waals surface area contributed by atoms with Crippen molar-refractivity contribution in [1.29, 1.82) is 0 Å². The van der Waals surface area contributed by atoms with Gasteiger partial charge in [-0.3, -0.25) is 0 Å². The van der Waals surface area contributed by atoms with E-state index >= 15 is 0 Å². The molecule has 102 valence electrons. The summed E-state index contributed by atoms with van der Waals surface area (Å²) in [5.74, 6) is 1.20. The van der Waals surface area contributed by atoms with Crippen LogP contribution in [0.5, 0.6) is 0 Å². The third-order valence-electron chi connectivity index (χ3n) is 2.52. The van der Waals surface area contributed by atoms with Crippen molar-refractivity contribution in [1.82, 2.24) is 10.1 Å². The second-order valence-electron chi connectivity index (χ2n) is 4.21. The van der Waals surface area contributed by atoms with E-state index in [1.807, 2.05) is 0 Å². The largest absolute Gasteiger partial charge is 0.385 e. The van der Waals surface area contributed by atoms with Gasteiger partial charge >= 0.3 is 0 Å². The maximum absolute atomic E-state index is 11.3. The normalized spacial score (nSPS) is 11.5. The summed E-state index contributed by atoms with van der Waals surface area (Å²) in [4.78, 5) is 4.40. The second kappa shape index (κ2) is 5.40. The van der Waals surface area contributed by atoms with Crippen LogP contribution in [0.1, 0.15) is 11.7 Å². The summed E-state index contributed by atoms with van der Waals surface area (Å²) < 4.78 is 27.6. The van der Waals surface area contributed by atoms with Crippen LogP contribution in [0, 0.1) is 6.92 Å². The lowest BCUT2D eigenvalue weighted by molar-refractivity contribution is 0.377. The highest BCUT2D eigenvalue weighted by Crippen LogP contribution is 2.13. The van der Waals surface area contributed by atoms with Gasteiger partial charge in [0.1, 0.15) is 0 Å². The number of nitrogens with zero attached hydrogens (tertiary/aromatic N) is 2. The van der Waals surface area contributed by atoms with Gasteiger partial charge in [0.2, 0.25) is 5.89 Å². The third-order valence-corrected chi connectivity index (χ3v) is 3.65. The molecule has 0 fully saturated rings. The highest BCUT2D eigenvalue weighted by Gasteiger charge is 2.06. The zero-order chi connectivity index (χ0) is 13.9. The number of aromatic nitrogens is 2. The fourth-order valence-corrected chi connectivity index (χ4v) is 2.21. The average molecular weight is 281 g/mol. The minimum absolute atomic E-state index is 0.311. The number of nitrogens with one attached hydrogen (secondary N) is 1. The molecular weight excluding hydrogens is 266 g/mol. The molecular formula is C12H15N3O3S. The van der Waals surface area contributed by atoms with Gasteiger partial charge < -0.3 is 9.84 Å². The van der Waals surface area contributed by atoms with E-state index in [2.05, 4.69) is 15.5 Å². The molecule has 0 saturated heterocycles. The molecule has 1 heterocycles. The zero-order valence-corrected chi connectivity index (χ0v) is 11.6. The Bertz CT molecular complexity index is 647. The predicted molar refractivity (Wildman–Crippen MR) is 70.8 cm³/mol. The molecule has 0 spiro atoms. The standard InChI is InChI=1S/C12H15N3O3S/c1-9-14-12(18-15-9)7-8-13-10-3-5-11(6-4-10)19(2,16)17/h3-6,13H,7-8H2,1-2H3. The maximum Gasteiger partial charge on any atom is 0.228 e. The van der Waals surface area contributed by atoms with Crippen molar-refractivity contribution in [3.05, 3.63) is 36.0 Å². The van der Waals surface area contributed by atoms with Gasteiger partial charge in [-0.1, -0.05) is 5.16 Å². The average Bonchev–Trinajstić information content (AvgIpc) is 2.75. The molecule has 0 aliphatic rings. The molecule has 0 bridgehead atoms. The smallest absolute Gasteiger partial charge is 0.228 e. The predicted octanol–water partition coefficient (Wildman–Crippen LogP) is 1.44. The third kappa shape index (κ3) is 3.78. The summed E-state index contributed by atoms with van der Waals surface area (Å²) in [6, 6.07) is 6.62. The van der Waals surface area contributed by atoms with Gasteiger partial charge in [0, 0.05) is 24.9 Å². The van der Waals surface area contributed by atoms with E-state index in [-0.39, 0.29) is 0 Å². The van der Waals surface area contributed by atoms with Crippen LogP contribution in [0.4, 0.5) is 5.69 Å². The fourth-order valence-electron chi connectivity index (χ4n) is 1.58. The number of benzene rings is 1. The summed E-state index contributed by atoms with van der Waals surface area (Å²) in [6.07, 6.45) is 1.81. The van der Waals surface area contributed by atoms with E-state index in [0.29, 0.717) is 29.6 Å². The Morgan fingerprint density at radius 1 is 1.26 bits per heavy atom. The Labute approximate surface area is 111 Å². The van der Waals surface area contributed by atoms with Gasteiger partial charge in [0.25, 0.3) is 0 Å². The molecule has 1 aromatic heterocycles. The molecule has 0 atom stereocenters. The summed E-state index contributed by atoms with van der Waals surface area (Å²) in [5, 5.41) is 6.86. The molecule has 6 nitrogen and oxygen atoms in total. The molecule has 0 aliphatic carbocycles. The van der Waals surface area contributed by atoms with Gasteiger partial charge in [0.05, 0.1) is 4.90 Å². The van der Waals surface area contributed by atoms with E-state index in [1.165, 1.54) is 6.26 Å². The van der Waals surface area contributed by atoms with Crippen molar-refractivity contribution in [3.8, 4) is 0 Å². The molecule has 1 aromatic carbocycles. The minimum Gasteiger partial charge on any atom is -0.385 e. The van der Waals surface area contributed by atoms with Crippen molar-refractivity contribution in [2.75, 3.05) is 18.1 Å². The topological polar surface area (TPSA) is 85.1 Å². The van der Waals surface area contributed by atoms with Gasteiger partial charge in [-0.2, -0.15) is 4.98 Å². The molecule has 0 radical (unpaired) electrons. The van der Waals surface area contributed by atoms with Crippen LogP contribution in [0.25, 0.3) is 0 Å². The molecule has 0 saturated carbocycles. The Morgan fingerprint density at radius 2 is 1.95 bits per heavy atom. The van der Waals surface area contributed by atoms with E-state index in [0.717, 1.165) is 5.69 Å². The molecule has 1 N–H and O–H groups in total. The first-order valence-electron chi connectivity index (χ1n) is 5.78. The van der Waals surface area contributed by atoms with Gasteiger partial charge in [-0.25, -0.2) is 8.42 Å². The minimum atomic E-state index is -3.14. The lowest BCUT2D eigenvalue weighted by atomic mass is 10.3. The van der Waals surface area contributed by atoms with Crippen LogP contribution in [-0.4, -0.2) is 31.4 Å². The monoisotopic (exact) mass is 281 g/mol. The first kappa shape index (κ1) is 13.5. The lowest BCUT2D eigenvalue weighted by Crippen LogP contribution is -2.05. The SMILES string of the molecule is Cc1noc(CCNc2ccc(S(C)(=O)=O)cc2)n1. The van der Waals surface area contributed by atoms with Crippen LogP contribution in [0.2, 0.25) is 0 Å². The van der Waals surface area contributed by atoms with Gasteiger partial charge in [0.15, 0.2) is 15.7 Å². The van der Waals surface area contributed by atoms with Crippen LogP contribution in [0.15, 0.2) is 33.7 Å². The number of aryl methyl sites for hydroxylation is 1. The molecule has 0 unspecified atom stereocenters. The molecule has 0 aliphatic heterocycles. The zero-order valence-electron chi connectivity index (χ0n) is 10.8. The van der Waals surface area contributed by atoms with Crippen molar-refractivity contribution in [2.45, 2.75) is 18.2 Å². The van der Waals surface area contributed by atoms with Crippen LogP contribution >= 0.6 is 0 Å². The summed E-state index contributed by atoms with van der Waals surface area (Å²) in [5.41, 5.74) is 0.851. The molecule has 0 amide bonds. The lowest BCUT2D eigenvalue weighted by Gasteiger charge is -2.05. The highest BCUT2D eigenvalue weighted by molar-refractivity contribution is 7.90. The molecule has 2 rings (SSSR count). The van der Waals surface area contributed by atoms with Crippen molar-refractivity contribution in [2.24, 2.45) is 0 Å². The van der Waals surface area contributed by atoms with E-state index < -0.39 is 9.84 Å². The molecule has 7 heteroatoms. The number of anilines is 1. The van der Waals surface area contributed by atoms with E-state index in [9.17, 15) is 8.42 Å². The first-order chi connectivity index (χ1) is 8.95. The Morgan fingerprint density at radius 3 is 2.47 bits per heavy atom. The van der Waals surface area contributed by atoms with Crippen molar-refractivity contribution >= 4 is 15.5 Å². The van der Waals surface area contributed by atoms with E-state index in [4.69, 9.17) is 4.52 Å². The number of hydrogen-bond donors (Lipinski definition) is 1. The Balaban J connectivity index is 1.90. The fraction of sp³-hybridized carbons (Fsp3) is 0.333. The highest BCUT2D eigenvalue weighted by atomic mass is 32.2. The molecule has 2 aromatic rings. The summed E-state index contributed by atoms with van der Waals surface area (Å²) in [6.45, 7) is 2.41. The van der Waals surface area contributed by atoms with Gasteiger partial charge in [-0.05, 0) is 31.2 Å². The molecule has 19 heavy (non-hydrogen) atoms. The second-order valence-corrected chi connectivity index (χ2v) is 6.22. The van der Waals surface area contributed by atoms with Crippen LogP contribution < -0.4 is 5.32 Å². The summed E-state index contributed by atoms with van der Waals surface area (Å²) in [7, 11) is -3.14. The van der Waals surface area contributed by atoms with Gasteiger partial charge in [-0.15, -0.1) is 0 Å². The summed E-state index contributed by atoms with van der Waals surface area (Å²) >= 11 is 0. The number of sulfone groups is 1. The van der Waals surface area contributed by atoms with Crippen LogP contribution in [0.3, 0.4) is 0 Å². The van der Waals surface area contributed by atoms with E-state index in [1.54, 1.807) is 31.2 Å². The quantitative estimate of drug-likeness (QED) is 0.892. The first-order valence-corrected chi connectivity index (χ1v) is 7.67.